The summed E-state index contributed by atoms with van der Waals surface area (Å²) in [6.45, 7) is 0. The molecule has 4 rings (SSSR count). The molecule has 0 radical (unpaired) electrons. The number of carbonyl (C=O) groups excluding carboxylic acids is 1. The highest BCUT2D eigenvalue weighted by Crippen LogP contribution is 2.34. The first-order valence-electron chi connectivity index (χ1n) is 10.4. The van der Waals surface area contributed by atoms with Crippen molar-refractivity contribution in [1.82, 2.24) is 10.2 Å². The Balaban J connectivity index is 1.53. The second-order valence-electron chi connectivity index (χ2n) is 7.47. The molecule has 0 bridgehead atoms. The number of aromatic nitrogens is 2. The minimum atomic E-state index is -0.605. The smallest absolute Gasteiger partial charge is 0.166 e. The first kappa shape index (κ1) is 22.7. The number of halogens is 2. The molecule has 4 aromatic rings. The Labute approximate surface area is 195 Å². The predicted octanol–water partition coefficient (Wildman–Crippen LogP) is 5.91. The van der Waals surface area contributed by atoms with E-state index in [-0.39, 0.29) is 11.6 Å². The van der Waals surface area contributed by atoms with Gasteiger partial charge in [0.2, 0.25) is 0 Å². The number of aldehydes is 1. The SMILES string of the molecule is CNc1cc2[nH]ncc2cc1Oc1ccc(/C(C=O)=C/C=C\N(C)c2ccc(F)cc2)cc1F. The standard InChI is InChI=1S/C26H22F2N4O2/c1-29-24-14-23-19(15-30-31-23)13-26(24)34-25-10-5-17(12-22(25)28)18(16-33)4-3-11-32(2)21-8-6-20(27)7-9-21/h3-16,29H,1-2H3,(H,30,31)/b11-3-,18-4+. The fourth-order valence-electron chi connectivity index (χ4n) is 3.37. The number of nitrogens with one attached hydrogen (secondary N) is 2. The molecule has 3 aromatic carbocycles. The number of H-pyrrole nitrogens is 1. The third-order valence-corrected chi connectivity index (χ3v) is 5.24. The molecule has 0 spiro atoms. The van der Waals surface area contributed by atoms with Crippen LogP contribution in [0.2, 0.25) is 0 Å². The summed E-state index contributed by atoms with van der Waals surface area (Å²) in [5.74, 6) is -0.448. The second-order valence-corrected chi connectivity index (χ2v) is 7.47. The highest BCUT2D eigenvalue weighted by molar-refractivity contribution is 6.07. The summed E-state index contributed by atoms with van der Waals surface area (Å²) < 4.78 is 33.8. The minimum Gasteiger partial charge on any atom is -0.452 e. The van der Waals surface area contributed by atoms with Crippen LogP contribution < -0.4 is 15.0 Å². The van der Waals surface area contributed by atoms with E-state index in [0.29, 0.717) is 28.9 Å². The van der Waals surface area contributed by atoms with Crippen LogP contribution in [0.5, 0.6) is 11.5 Å². The maximum absolute atomic E-state index is 14.9. The molecule has 0 aliphatic carbocycles. The molecular formula is C26H22F2N4O2. The molecular weight excluding hydrogens is 438 g/mol. The van der Waals surface area contributed by atoms with Crippen molar-refractivity contribution in [2.45, 2.75) is 0 Å². The van der Waals surface area contributed by atoms with Gasteiger partial charge in [0.25, 0.3) is 0 Å². The van der Waals surface area contributed by atoms with E-state index in [0.717, 1.165) is 16.6 Å². The lowest BCUT2D eigenvalue weighted by molar-refractivity contribution is -0.103. The Morgan fingerprint density at radius 2 is 1.88 bits per heavy atom. The Morgan fingerprint density at radius 1 is 1.09 bits per heavy atom. The van der Waals surface area contributed by atoms with E-state index in [4.69, 9.17) is 4.74 Å². The zero-order valence-corrected chi connectivity index (χ0v) is 18.5. The van der Waals surface area contributed by atoms with Crippen molar-refractivity contribution >= 4 is 34.1 Å². The molecule has 1 heterocycles. The number of benzene rings is 3. The van der Waals surface area contributed by atoms with Crippen LogP contribution >= 0.6 is 0 Å². The van der Waals surface area contributed by atoms with Gasteiger partial charge in [-0.3, -0.25) is 9.89 Å². The molecule has 0 aliphatic heterocycles. The first-order valence-corrected chi connectivity index (χ1v) is 10.4. The summed E-state index contributed by atoms with van der Waals surface area (Å²) in [4.78, 5) is 13.4. The second kappa shape index (κ2) is 9.99. The topological polar surface area (TPSA) is 70.2 Å². The van der Waals surface area contributed by atoms with Crippen molar-refractivity contribution in [3.63, 3.8) is 0 Å². The van der Waals surface area contributed by atoms with Crippen LogP contribution in [-0.4, -0.2) is 30.6 Å². The summed E-state index contributed by atoms with van der Waals surface area (Å²) in [5, 5.41) is 10.7. The van der Waals surface area contributed by atoms with E-state index in [9.17, 15) is 13.6 Å². The van der Waals surface area contributed by atoms with Gasteiger partial charge in [0.05, 0.1) is 17.4 Å². The summed E-state index contributed by atoms with van der Waals surface area (Å²) >= 11 is 0. The maximum atomic E-state index is 14.9. The number of hydrogen-bond donors (Lipinski definition) is 2. The summed E-state index contributed by atoms with van der Waals surface area (Å²) in [6.07, 6.45) is 7.27. The quantitative estimate of drug-likeness (QED) is 0.194. The largest absolute Gasteiger partial charge is 0.452 e. The number of hydrogen-bond acceptors (Lipinski definition) is 5. The highest BCUT2D eigenvalue weighted by Gasteiger charge is 2.12. The van der Waals surface area contributed by atoms with E-state index in [1.807, 2.05) is 6.07 Å². The van der Waals surface area contributed by atoms with E-state index in [1.54, 1.807) is 67.8 Å². The molecule has 2 N–H and O–H groups in total. The third-order valence-electron chi connectivity index (χ3n) is 5.24. The molecule has 0 saturated carbocycles. The molecule has 0 fully saturated rings. The van der Waals surface area contributed by atoms with Gasteiger partial charge in [-0.2, -0.15) is 5.10 Å². The van der Waals surface area contributed by atoms with Gasteiger partial charge in [-0.15, -0.1) is 0 Å². The van der Waals surface area contributed by atoms with Crippen LogP contribution in [0.1, 0.15) is 5.56 Å². The lowest BCUT2D eigenvalue weighted by atomic mass is 10.1. The molecule has 0 aliphatic rings. The first-order chi connectivity index (χ1) is 16.5. The third kappa shape index (κ3) is 4.96. The van der Waals surface area contributed by atoms with E-state index >= 15 is 0 Å². The van der Waals surface area contributed by atoms with Gasteiger partial charge in [0.1, 0.15) is 5.82 Å². The lowest BCUT2D eigenvalue weighted by Gasteiger charge is -2.13. The van der Waals surface area contributed by atoms with Crippen molar-refractivity contribution in [2.24, 2.45) is 0 Å². The van der Waals surface area contributed by atoms with Gasteiger partial charge in [0.15, 0.2) is 23.6 Å². The number of nitrogens with zero attached hydrogens (tertiary/aromatic N) is 2. The van der Waals surface area contributed by atoms with Crippen molar-refractivity contribution in [1.29, 1.82) is 0 Å². The average molecular weight is 460 g/mol. The average Bonchev–Trinajstić information content (AvgIpc) is 3.30. The highest BCUT2D eigenvalue weighted by atomic mass is 19.1. The van der Waals surface area contributed by atoms with E-state index in [2.05, 4.69) is 15.5 Å². The maximum Gasteiger partial charge on any atom is 0.166 e. The zero-order valence-electron chi connectivity index (χ0n) is 18.5. The number of allylic oxidation sites excluding steroid dienone is 3. The number of rotatable bonds is 8. The molecule has 6 nitrogen and oxygen atoms in total. The van der Waals surface area contributed by atoms with Crippen molar-refractivity contribution in [2.75, 3.05) is 24.3 Å². The van der Waals surface area contributed by atoms with Gasteiger partial charge in [-0.25, -0.2) is 8.78 Å². The number of fused-ring (bicyclic) bond motifs is 1. The van der Waals surface area contributed by atoms with E-state index < -0.39 is 5.82 Å². The number of ether oxygens (including phenoxy) is 1. The van der Waals surface area contributed by atoms with Crippen LogP contribution in [-0.2, 0) is 4.79 Å². The summed E-state index contributed by atoms with van der Waals surface area (Å²) in [5.41, 5.74) is 2.98. The fraction of sp³-hybridized carbons (Fsp3) is 0.0769. The van der Waals surface area contributed by atoms with Crippen molar-refractivity contribution in [3.8, 4) is 11.5 Å². The Kier molecular flexibility index (Phi) is 6.68. The molecule has 0 atom stereocenters. The number of carbonyl (C=O) groups is 1. The molecule has 8 heteroatoms. The molecule has 172 valence electrons. The minimum absolute atomic E-state index is 0.0277. The van der Waals surface area contributed by atoms with Gasteiger partial charge in [0, 0.05) is 36.9 Å². The summed E-state index contributed by atoms with van der Waals surface area (Å²) in [6, 6.07) is 14.0. The zero-order chi connectivity index (χ0) is 24.1. The van der Waals surface area contributed by atoms with Crippen LogP contribution in [0, 0.1) is 11.6 Å². The van der Waals surface area contributed by atoms with Gasteiger partial charge < -0.3 is 15.0 Å². The predicted molar refractivity (Wildman–Crippen MR) is 130 cm³/mol. The Bertz CT molecular complexity index is 1380. The molecule has 0 amide bonds. The molecule has 1 aromatic heterocycles. The van der Waals surface area contributed by atoms with Crippen LogP contribution in [0.25, 0.3) is 16.5 Å². The van der Waals surface area contributed by atoms with E-state index in [1.165, 1.54) is 24.3 Å². The molecule has 0 saturated heterocycles. The van der Waals surface area contributed by atoms with Crippen molar-refractivity contribution < 1.29 is 18.3 Å². The molecule has 0 unspecified atom stereocenters. The summed E-state index contributed by atoms with van der Waals surface area (Å²) in [7, 11) is 3.54. The Morgan fingerprint density at radius 3 is 2.59 bits per heavy atom. The fourth-order valence-corrected chi connectivity index (χ4v) is 3.37. The van der Waals surface area contributed by atoms with Crippen LogP contribution in [0.15, 0.2) is 79.1 Å². The lowest BCUT2D eigenvalue weighted by Crippen LogP contribution is -2.07. The van der Waals surface area contributed by atoms with Gasteiger partial charge in [-0.1, -0.05) is 6.07 Å². The van der Waals surface area contributed by atoms with Gasteiger partial charge >= 0.3 is 0 Å². The van der Waals surface area contributed by atoms with Crippen molar-refractivity contribution in [3.05, 3.63) is 96.3 Å². The monoisotopic (exact) mass is 460 g/mol. The number of anilines is 2. The number of aromatic amines is 1. The van der Waals surface area contributed by atoms with Crippen LogP contribution in [0.4, 0.5) is 20.2 Å². The molecule has 34 heavy (non-hydrogen) atoms. The Hall–Kier alpha value is -4.46. The van der Waals surface area contributed by atoms with Gasteiger partial charge in [-0.05, 0) is 66.2 Å². The van der Waals surface area contributed by atoms with Crippen LogP contribution in [0.3, 0.4) is 0 Å². The normalized spacial score (nSPS) is 11.7.